The lowest BCUT2D eigenvalue weighted by Gasteiger charge is -2.30. The number of nitrogens with zero attached hydrogens (tertiary/aromatic N) is 1. The summed E-state index contributed by atoms with van der Waals surface area (Å²) in [4.78, 5) is 2.45. The first kappa shape index (κ1) is 18.7. The van der Waals surface area contributed by atoms with Crippen LogP contribution in [0.2, 0.25) is 0 Å². The van der Waals surface area contributed by atoms with Gasteiger partial charge in [-0.1, -0.05) is 18.2 Å². The molecule has 0 radical (unpaired) electrons. The molecule has 1 fully saturated rings. The fourth-order valence-corrected chi connectivity index (χ4v) is 3.92. The number of anilines is 1. The average Bonchev–Trinajstić information content (AvgIpc) is 2.68. The lowest BCUT2D eigenvalue weighted by molar-refractivity contribution is 0.122. The minimum Gasteiger partial charge on any atom is -0.494 e. The van der Waals surface area contributed by atoms with Crippen molar-refractivity contribution >= 4 is 15.7 Å². The molecule has 3 rings (SSSR count). The van der Waals surface area contributed by atoms with Gasteiger partial charge in [0.25, 0.3) is 0 Å². The standard InChI is InChI=1S/C19H24N2O4S/c1-2-25-17-7-9-18(10-8-17)26(22,23)20-15-16-5-3-4-6-19(16)21-11-13-24-14-12-21/h3-10,20H,2,11-15H2,1H3. The summed E-state index contributed by atoms with van der Waals surface area (Å²) in [5.41, 5.74) is 1.99. The van der Waals surface area contributed by atoms with Crippen LogP contribution in [0.25, 0.3) is 0 Å². The Kier molecular flexibility index (Phi) is 6.13. The highest BCUT2D eigenvalue weighted by molar-refractivity contribution is 7.89. The third-order valence-corrected chi connectivity index (χ3v) is 5.66. The number of para-hydroxylation sites is 1. The van der Waals surface area contributed by atoms with Crippen LogP contribution in [-0.2, 0) is 21.3 Å². The maximum absolute atomic E-state index is 12.6. The van der Waals surface area contributed by atoms with Crippen LogP contribution in [0.3, 0.4) is 0 Å². The molecule has 2 aromatic rings. The maximum Gasteiger partial charge on any atom is 0.240 e. The van der Waals surface area contributed by atoms with Crippen molar-refractivity contribution < 1.29 is 17.9 Å². The molecule has 0 amide bonds. The van der Waals surface area contributed by atoms with Crippen molar-refractivity contribution in [1.29, 1.82) is 0 Å². The molecule has 1 heterocycles. The van der Waals surface area contributed by atoms with Gasteiger partial charge in [-0.15, -0.1) is 0 Å². The monoisotopic (exact) mass is 376 g/mol. The maximum atomic E-state index is 12.6. The van der Waals surface area contributed by atoms with Crippen molar-refractivity contribution in [3.63, 3.8) is 0 Å². The van der Waals surface area contributed by atoms with E-state index in [0.29, 0.717) is 25.6 Å². The van der Waals surface area contributed by atoms with Crippen molar-refractivity contribution in [1.82, 2.24) is 4.72 Å². The number of nitrogens with one attached hydrogen (secondary N) is 1. The van der Waals surface area contributed by atoms with Crippen LogP contribution in [0, 0.1) is 0 Å². The number of hydrogen-bond donors (Lipinski definition) is 1. The second-order valence-corrected chi connectivity index (χ2v) is 7.72. The molecule has 0 spiro atoms. The molecule has 0 atom stereocenters. The van der Waals surface area contributed by atoms with Gasteiger partial charge in [0.15, 0.2) is 0 Å². The van der Waals surface area contributed by atoms with Crippen LogP contribution in [0.1, 0.15) is 12.5 Å². The third kappa shape index (κ3) is 4.55. The Balaban J connectivity index is 1.71. The summed E-state index contributed by atoms with van der Waals surface area (Å²) in [5, 5.41) is 0. The minimum absolute atomic E-state index is 0.227. The van der Waals surface area contributed by atoms with Gasteiger partial charge < -0.3 is 14.4 Å². The molecule has 1 N–H and O–H groups in total. The van der Waals surface area contributed by atoms with Gasteiger partial charge in [0, 0.05) is 25.3 Å². The molecule has 0 unspecified atom stereocenters. The average molecular weight is 376 g/mol. The van der Waals surface area contributed by atoms with E-state index in [4.69, 9.17) is 9.47 Å². The molecule has 0 saturated carbocycles. The van der Waals surface area contributed by atoms with Gasteiger partial charge in [0.2, 0.25) is 10.0 Å². The summed E-state index contributed by atoms with van der Waals surface area (Å²) in [7, 11) is -3.59. The molecule has 1 aliphatic rings. The Labute approximate surface area is 154 Å². The van der Waals surface area contributed by atoms with Crippen LogP contribution in [0.5, 0.6) is 5.75 Å². The summed E-state index contributed by atoms with van der Waals surface area (Å²) in [6.45, 7) is 5.66. The van der Waals surface area contributed by atoms with E-state index >= 15 is 0 Å². The second kappa shape index (κ2) is 8.53. The number of ether oxygens (including phenoxy) is 2. The van der Waals surface area contributed by atoms with Crippen LogP contribution in [0.15, 0.2) is 53.4 Å². The molecule has 0 aromatic heterocycles. The zero-order valence-electron chi connectivity index (χ0n) is 14.8. The Bertz CT molecular complexity index is 816. The fraction of sp³-hybridized carbons (Fsp3) is 0.368. The molecule has 1 aliphatic heterocycles. The van der Waals surface area contributed by atoms with Crippen molar-refractivity contribution in [3.8, 4) is 5.75 Å². The highest BCUT2D eigenvalue weighted by atomic mass is 32.2. The van der Waals surface area contributed by atoms with E-state index in [9.17, 15) is 8.42 Å². The molecule has 26 heavy (non-hydrogen) atoms. The largest absolute Gasteiger partial charge is 0.494 e. The molecule has 7 heteroatoms. The number of hydrogen-bond acceptors (Lipinski definition) is 5. The van der Waals surface area contributed by atoms with Crippen molar-refractivity contribution in [3.05, 3.63) is 54.1 Å². The molecular formula is C19H24N2O4S. The van der Waals surface area contributed by atoms with Gasteiger partial charge in [-0.2, -0.15) is 0 Å². The van der Waals surface area contributed by atoms with Crippen LogP contribution in [0.4, 0.5) is 5.69 Å². The molecule has 0 bridgehead atoms. The minimum atomic E-state index is -3.59. The highest BCUT2D eigenvalue weighted by Gasteiger charge is 2.17. The van der Waals surface area contributed by atoms with Gasteiger partial charge in [-0.05, 0) is 42.8 Å². The van der Waals surface area contributed by atoms with Crippen LogP contribution >= 0.6 is 0 Å². The topological polar surface area (TPSA) is 67.9 Å². The van der Waals surface area contributed by atoms with E-state index in [1.54, 1.807) is 24.3 Å². The summed E-state index contributed by atoms with van der Waals surface area (Å²) in [5.74, 6) is 0.657. The first-order valence-electron chi connectivity index (χ1n) is 8.73. The van der Waals surface area contributed by atoms with E-state index in [1.807, 2.05) is 31.2 Å². The normalized spacial score (nSPS) is 15.0. The van der Waals surface area contributed by atoms with Gasteiger partial charge in [-0.3, -0.25) is 0 Å². The van der Waals surface area contributed by atoms with Crippen molar-refractivity contribution in [2.24, 2.45) is 0 Å². The van der Waals surface area contributed by atoms with Gasteiger partial charge in [-0.25, -0.2) is 13.1 Å². The van der Waals surface area contributed by atoms with E-state index in [2.05, 4.69) is 9.62 Å². The van der Waals surface area contributed by atoms with Crippen LogP contribution < -0.4 is 14.4 Å². The lowest BCUT2D eigenvalue weighted by atomic mass is 10.1. The predicted octanol–water partition coefficient (Wildman–Crippen LogP) is 2.40. The van der Waals surface area contributed by atoms with Gasteiger partial charge >= 0.3 is 0 Å². The number of benzene rings is 2. The first-order chi connectivity index (χ1) is 12.6. The van der Waals surface area contributed by atoms with E-state index in [1.165, 1.54) is 0 Å². The predicted molar refractivity (Wildman–Crippen MR) is 101 cm³/mol. The summed E-state index contributed by atoms with van der Waals surface area (Å²) >= 11 is 0. The highest BCUT2D eigenvalue weighted by Crippen LogP contribution is 2.22. The Morgan fingerprint density at radius 1 is 1.08 bits per heavy atom. The smallest absolute Gasteiger partial charge is 0.240 e. The number of rotatable bonds is 7. The summed E-state index contributed by atoms with van der Waals surface area (Å²) < 4.78 is 38.6. The van der Waals surface area contributed by atoms with Crippen molar-refractivity contribution in [2.75, 3.05) is 37.8 Å². The zero-order valence-corrected chi connectivity index (χ0v) is 15.7. The Morgan fingerprint density at radius 2 is 1.77 bits per heavy atom. The van der Waals surface area contributed by atoms with Crippen LogP contribution in [-0.4, -0.2) is 41.3 Å². The number of sulfonamides is 1. The third-order valence-electron chi connectivity index (χ3n) is 4.24. The molecular weight excluding hydrogens is 352 g/mol. The zero-order chi connectivity index (χ0) is 18.4. The molecule has 0 aliphatic carbocycles. The quantitative estimate of drug-likeness (QED) is 0.804. The lowest BCUT2D eigenvalue weighted by Crippen LogP contribution is -2.37. The molecule has 140 valence electrons. The Hall–Kier alpha value is -2.09. The fourth-order valence-electron chi connectivity index (χ4n) is 2.91. The van der Waals surface area contributed by atoms with Crippen molar-refractivity contribution in [2.45, 2.75) is 18.4 Å². The van der Waals surface area contributed by atoms with E-state index in [0.717, 1.165) is 24.3 Å². The first-order valence-corrected chi connectivity index (χ1v) is 10.2. The van der Waals surface area contributed by atoms with E-state index in [-0.39, 0.29) is 11.4 Å². The van der Waals surface area contributed by atoms with Gasteiger partial charge in [0.1, 0.15) is 5.75 Å². The SMILES string of the molecule is CCOc1ccc(S(=O)(=O)NCc2ccccc2N2CCOCC2)cc1. The molecule has 1 saturated heterocycles. The van der Waals surface area contributed by atoms with E-state index < -0.39 is 10.0 Å². The molecule has 6 nitrogen and oxygen atoms in total. The summed E-state index contributed by atoms with van der Waals surface area (Å²) in [6.07, 6.45) is 0. The van der Waals surface area contributed by atoms with Gasteiger partial charge in [0.05, 0.1) is 24.7 Å². The Morgan fingerprint density at radius 3 is 2.46 bits per heavy atom. The number of morpholine rings is 1. The second-order valence-electron chi connectivity index (χ2n) is 5.96. The molecule has 2 aromatic carbocycles. The summed E-state index contributed by atoms with van der Waals surface area (Å²) in [6, 6.07) is 14.3.